The van der Waals surface area contributed by atoms with E-state index in [9.17, 15) is 0 Å². The zero-order valence-electron chi connectivity index (χ0n) is 12.0. The van der Waals surface area contributed by atoms with Crippen molar-refractivity contribution in [2.75, 3.05) is 19.7 Å². The number of hydrogen-bond donors (Lipinski definition) is 2. The Morgan fingerprint density at radius 1 is 1.06 bits per heavy atom. The van der Waals surface area contributed by atoms with E-state index in [2.05, 4.69) is 38.3 Å². The maximum atomic E-state index is 5.84. The molecule has 3 nitrogen and oxygen atoms in total. The number of rotatable bonds is 10. The highest BCUT2D eigenvalue weighted by molar-refractivity contribution is 4.88. The van der Waals surface area contributed by atoms with E-state index in [4.69, 9.17) is 4.74 Å². The highest BCUT2D eigenvalue weighted by atomic mass is 16.5. The van der Waals surface area contributed by atoms with Crippen molar-refractivity contribution in [2.24, 2.45) is 5.92 Å². The van der Waals surface area contributed by atoms with E-state index in [1.165, 1.54) is 12.8 Å². The lowest BCUT2D eigenvalue weighted by atomic mass is 10.2. The van der Waals surface area contributed by atoms with Crippen molar-refractivity contribution in [2.45, 2.75) is 65.1 Å². The van der Waals surface area contributed by atoms with E-state index in [1.807, 2.05) is 0 Å². The third-order valence-electron chi connectivity index (χ3n) is 3.13. The van der Waals surface area contributed by atoms with Crippen LogP contribution in [0.25, 0.3) is 0 Å². The second kappa shape index (κ2) is 8.06. The zero-order valence-corrected chi connectivity index (χ0v) is 12.0. The van der Waals surface area contributed by atoms with Crippen LogP contribution in [0, 0.1) is 5.92 Å². The standard InChI is InChI=1S/C14H30N2O/c1-11(2)15-7-5-9-17-14-10-13(14)6-8-16-12(3)4/h11-16H,5-10H2,1-4H3. The van der Waals surface area contributed by atoms with Gasteiger partial charge in [-0.3, -0.25) is 0 Å². The molecular formula is C14H30N2O. The molecule has 1 fully saturated rings. The second-order valence-corrected chi connectivity index (χ2v) is 5.76. The first-order valence-electron chi connectivity index (χ1n) is 7.18. The molecule has 2 unspecified atom stereocenters. The lowest BCUT2D eigenvalue weighted by Gasteiger charge is -2.09. The number of ether oxygens (including phenoxy) is 1. The minimum absolute atomic E-state index is 0.558. The lowest BCUT2D eigenvalue weighted by Crippen LogP contribution is -2.25. The van der Waals surface area contributed by atoms with Gasteiger partial charge in [-0.2, -0.15) is 0 Å². The van der Waals surface area contributed by atoms with Crippen LogP contribution in [0.15, 0.2) is 0 Å². The van der Waals surface area contributed by atoms with E-state index in [0.29, 0.717) is 18.2 Å². The van der Waals surface area contributed by atoms with Gasteiger partial charge in [0.15, 0.2) is 0 Å². The average molecular weight is 242 g/mol. The quantitative estimate of drug-likeness (QED) is 0.576. The first-order valence-corrected chi connectivity index (χ1v) is 7.18. The summed E-state index contributed by atoms with van der Waals surface area (Å²) in [5, 5.41) is 6.87. The van der Waals surface area contributed by atoms with Gasteiger partial charge in [-0.25, -0.2) is 0 Å². The van der Waals surface area contributed by atoms with Gasteiger partial charge in [0.2, 0.25) is 0 Å². The molecule has 0 aliphatic heterocycles. The molecule has 1 saturated carbocycles. The van der Waals surface area contributed by atoms with Crippen molar-refractivity contribution in [3.05, 3.63) is 0 Å². The highest BCUT2D eigenvalue weighted by Gasteiger charge is 2.37. The topological polar surface area (TPSA) is 33.3 Å². The molecule has 3 heteroatoms. The van der Waals surface area contributed by atoms with Gasteiger partial charge in [0.1, 0.15) is 0 Å². The van der Waals surface area contributed by atoms with Crippen LogP contribution in [-0.4, -0.2) is 37.9 Å². The average Bonchev–Trinajstić information content (AvgIpc) is 2.95. The predicted molar refractivity (Wildman–Crippen MR) is 73.4 cm³/mol. The Kier molecular flexibility index (Phi) is 7.09. The van der Waals surface area contributed by atoms with Crippen molar-refractivity contribution in [3.8, 4) is 0 Å². The van der Waals surface area contributed by atoms with Crippen molar-refractivity contribution in [1.29, 1.82) is 0 Å². The Labute approximate surface area is 107 Å². The van der Waals surface area contributed by atoms with Crippen LogP contribution in [0.1, 0.15) is 47.0 Å². The fraction of sp³-hybridized carbons (Fsp3) is 1.00. The van der Waals surface area contributed by atoms with E-state index < -0.39 is 0 Å². The normalized spacial score (nSPS) is 23.6. The molecule has 0 saturated heterocycles. The van der Waals surface area contributed by atoms with Crippen LogP contribution in [-0.2, 0) is 4.74 Å². The number of hydrogen-bond acceptors (Lipinski definition) is 3. The summed E-state index contributed by atoms with van der Waals surface area (Å²) < 4.78 is 5.84. The minimum Gasteiger partial charge on any atom is -0.378 e. The molecule has 102 valence electrons. The fourth-order valence-corrected chi connectivity index (χ4v) is 1.98. The Hall–Kier alpha value is -0.120. The Balaban J connectivity index is 1.84. The third-order valence-corrected chi connectivity index (χ3v) is 3.13. The molecule has 0 aromatic carbocycles. The smallest absolute Gasteiger partial charge is 0.0608 e. The third kappa shape index (κ3) is 7.74. The van der Waals surface area contributed by atoms with Gasteiger partial charge in [0.05, 0.1) is 6.10 Å². The first kappa shape index (κ1) is 14.9. The molecule has 17 heavy (non-hydrogen) atoms. The van der Waals surface area contributed by atoms with E-state index >= 15 is 0 Å². The van der Waals surface area contributed by atoms with Crippen molar-refractivity contribution in [1.82, 2.24) is 10.6 Å². The predicted octanol–water partition coefficient (Wildman–Crippen LogP) is 2.17. The van der Waals surface area contributed by atoms with E-state index in [1.54, 1.807) is 0 Å². The largest absolute Gasteiger partial charge is 0.378 e. The summed E-state index contributed by atoms with van der Waals surface area (Å²) in [5.41, 5.74) is 0. The first-order chi connectivity index (χ1) is 8.09. The molecule has 1 aliphatic rings. The van der Waals surface area contributed by atoms with Crippen LogP contribution in [0.4, 0.5) is 0 Å². The van der Waals surface area contributed by atoms with E-state index in [0.717, 1.165) is 32.0 Å². The Morgan fingerprint density at radius 2 is 1.71 bits per heavy atom. The molecule has 0 radical (unpaired) electrons. The molecule has 0 aromatic heterocycles. The molecule has 2 N–H and O–H groups in total. The summed E-state index contributed by atoms with van der Waals surface area (Å²) in [6.07, 6.45) is 4.24. The Bertz CT molecular complexity index is 195. The molecule has 0 aromatic rings. The van der Waals surface area contributed by atoms with Gasteiger partial charge in [-0.05, 0) is 38.3 Å². The molecule has 1 rings (SSSR count). The summed E-state index contributed by atoms with van der Waals surface area (Å²) in [5.74, 6) is 0.819. The zero-order chi connectivity index (χ0) is 12.7. The van der Waals surface area contributed by atoms with Crippen molar-refractivity contribution in [3.63, 3.8) is 0 Å². The monoisotopic (exact) mass is 242 g/mol. The maximum absolute atomic E-state index is 5.84. The minimum atomic E-state index is 0.558. The van der Waals surface area contributed by atoms with Crippen LogP contribution in [0.3, 0.4) is 0 Å². The summed E-state index contributed by atoms with van der Waals surface area (Å²) in [4.78, 5) is 0. The molecule has 0 amide bonds. The summed E-state index contributed by atoms with van der Waals surface area (Å²) in [7, 11) is 0. The fourth-order valence-electron chi connectivity index (χ4n) is 1.98. The van der Waals surface area contributed by atoms with Gasteiger partial charge in [0.25, 0.3) is 0 Å². The van der Waals surface area contributed by atoms with Gasteiger partial charge >= 0.3 is 0 Å². The molecule has 0 spiro atoms. The van der Waals surface area contributed by atoms with Gasteiger partial charge in [-0.1, -0.05) is 27.7 Å². The van der Waals surface area contributed by atoms with E-state index in [-0.39, 0.29) is 0 Å². The molecule has 0 heterocycles. The number of nitrogens with one attached hydrogen (secondary N) is 2. The SMILES string of the molecule is CC(C)NCCCOC1CC1CCNC(C)C. The van der Waals surface area contributed by atoms with Crippen LogP contribution < -0.4 is 10.6 Å². The molecule has 0 bridgehead atoms. The lowest BCUT2D eigenvalue weighted by molar-refractivity contribution is 0.105. The van der Waals surface area contributed by atoms with Gasteiger partial charge in [-0.15, -0.1) is 0 Å². The van der Waals surface area contributed by atoms with Crippen LogP contribution >= 0.6 is 0 Å². The summed E-state index contributed by atoms with van der Waals surface area (Å²) in [6, 6.07) is 1.20. The second-order valence-electron chi connectivity index (χ2n) is 5.76. The molecule has 1 aliphatic carbocycles. The summed E-state index contributed by atoms with van der Waals surface area (Å²) in [6.45, 7) is 11.9. The van der Waals surface area contributed by atoms with Crippen LogP contribution in [0.2, 0.25) is 0 Å². The van der Waals surface area contributed by atoms with Crippen molar-refractivity contribution < 1.29 is 4.74 Å². The van der Waals surface area contributed by atoms with Crippen LogP contribution in [0.5, 0.6) is 0 Å². The Morgan fingerprint density at radius 3 is 2.35 bits per heavy atom. The van der Waals surface area contributed by atoms with Crippen molar-refractivity contribution >= 4 is 0 Å². The maximum Gasteiger partial charge on any atom is 0.0608 e. The highest BCUT2D eigenvalue weighted by Crippen LogP contribution is 2.36. The molecular weight excluding hydrogens is 212 g/mol. The van der Waals surface area contributed by atoms with Gasteiger partial charge in [0, 0.05) is 18.7 Å². The molecule has 2 atom stereocenters. The van der Waals surface area contributed by atoms with Gasteiger partial charge < -0.3 is 15.4 Å². The summed E-state index contributed by atoms with van der Waals surface area (Å²) >= 11 is 0.